The summed E-state index contributed by atoms with van der Waals surface area (Å²) in [5, 5.41) is 20.8. The van der Waals surface area contributed by atoms with Gasteiger partial charge in [-0.25, -0.2) is 4.98 Å². The Kier molecular flexibility index (Phi) is 4.81. The number of aliphatic hydroxyl groups excluding tert-OH is 2. The van der Waals surface area contributed by atoms with Gasteiger partial charge in [0.15, 0.2) is 22.2 Å². The Labute approximate surface area is 149 Å². The fraction of sp³-hybridized carbons (Fsp3) is 0.600. The zero-order valence-corrected chi connectivity index (χ0v) is 16.1. The van der Waals surface area contributed by atoms with Crippen molar-refractivity contribution in [2.24, 2.45) is 0 Å². The fourth-order valence-electron chi connectivity index (χ4n) is 3.02. The first-order valence-corrected chi connectivity index (χ1v) is 11.4. The Hall–Kier alpha value is -1.25. The Balaban J connectivity index is 1.98. The van der Waals surface area contributed by atoms with Crippen LogP contribution in [-0.4, -0.2) is 73.8 Å². The fourth-order valence-corrected chi connectivity index (χ4v) is 4.26. The standard InChI is InChI=1S/C15H23N4O4PS/c1-7-16-12-9(13(22)17-7)18-15(25)19(12)14-11(21)10(20)8(23-14)5-6-24(2,3)4/h8,10-11,14,20-21H,2,5-6H2,1,3-4H3,(H,18,25)(H,16,17,22)/t8?,10-,11-,14?/m1/s1. The molecule has 138 valence electrons. The summed E-state index contributed by atoms with van der Waals surface area (Å²) in [5.74, 6) is 0.424. The van der Waals surface area contributed by atoms with Crippen LogP contribution in [0, 0.1) is 11.7 Å². The summed E-state index contributed by atoms with van der Waals surface area (Å²) in [4.78, 5) is 21.8. The van der Waals surface area contributed by atoms with E-state index in [-0.39, 0.29) is 15.8 Å². The first kappa shape index (κ1) is 18.5. The first-order chi connectivity index (χ1) is 11.6. The molecule has 1 fully saturated rings. The Bertz CT molecular complexity index is 959. The molecular formula is C15H23N4O4PS. The highest BCUT2D eigenvalue weighted by molar-refractivity contribution is 7.72. The molecule has 10 heteroatoms. The molecular weight excluding hydrogens is 363 g/mol. The molecule has 0 saturated carbocycles. The van der Waals surface area contributed by atoms with E-state index in [1.807, 2.05) is 0 Å². The largest absolute Gasteiger partial charge is 0.388 e. The minimum atomic E-state index is -1.27. The van der Waals surface area contributed by atoms with Crippen molar-refractivity contribution in [2.75, 3.05) is 19.5 Å². The number of aromatic amines is 2. The third-order valence-corrected chi connectivity index (χ3v) is 6.08. The van der Waals surface area contributed by atoms with Crippen LogP contribution in [0.25, 0.3) is 11.2 Å². The van der Waals surface area contributed by atoms with E-state index in [1.165, 1.54) is 4.57 Å². The van der Waals surface area contributed by atoms with Gasteiger partial charge in [0, 0.05) is 0 Å². The van der Waals surface area contributed by atoms with E-state index in [4.69, 9.17) is 17.0 Å². The van der Waals surface area contributed by atoms with Crippen LogP contribution >= 0.6 is 19.1 Å². The smallest absolute Gasteiger partial charge is 0.276 e. The predicted octanol–water partition coefficient (Wildman–Crippen LogP) is 0.809. The highest BCUT2D eigenvalue weighted by Gasteiger charge is 2.44. The van der Waals surface area contributed by atoms with Crippen LogP contribution < -0.4 is 5.56 Å². The van der Waals surface area contributed by atoms with Crippen LogP contribution in [0.3, 0.4) is 0 Å². The maximum absolute atomic E-state index is 12.1. The van der Waals surface area contributed by atoms with Gasteiger partial charge in [0.25, 0.3) is 5.56 Å². The van der Waals surface area contributed by atoms with Crippen LogP contribution in [-0.2, 0) is 4.74 Å². The maximum atomic E-state index is 12.1. The molecule has 2 aromatic rings. The van der Waals surface area contributed by atoms with Gasteiger partial charge in [0.05, 0.1) is 6.10 Å². The van der Waals surface area contributed by atoms with Gasteiger partial charge in [0.2, 0.25) is 0 Å². The number of aliphatic hydroxyl groups is 2. The number of aryl methyl sites for hydroxylation is 1. The van der Waals surface area contributed by atoms with Crippen molar-refractivity contribution in [1.29, 1.82) is 0 Å². The third-order valence-electron chi connectivity index (χ3n) is 4.31. The summed E-state index contributed by atoms with van der Waals surface area (Å²) in [6, 6.07) is 0. The van der Waals surface area contributed by atoms with Crippen LogP contribution in [0.15, 0.2) is 4.79 Å². The SMILES string of the molecule is C=P(C)(C)CCC1OC(n2c(=S)[nH]c3c(=O)[nH]c(C)nc32)[C@H](O)[C@@H]1O. The lowest BCUT2D eigenvalue weighted by atomic mass is 10.1. The first-order valence-electron chi connectivity index (χ1n) is 7.98. The summed E-state index contributed by atoms with van der Waals surface area (Å²) in [6.45, 7) is 4.60. The molecule has 4 atom stereocenters. The number of hydrogen-bond acceptors (Lipinski definition) is 6. The quantitative estimate of drug-likeness (QED) is 0.457. The molecule has 0 amide bonds. The van der Waals surface area contributed by atoms with Crippen molar-refractivity contribution in [3.05, 3.63) is 20.9 Å². The minimum Gasteiger partial charge on any atom is -0.388 e. The van der Waals surface area contributed by atoms with E-state index in [9.17, 15) is 15.0 Å². The van der Waals surface area contributed by atoms with E-state index in [0.717, 1.165) is 6.16 Å². The maximum Gasteiger partial charge on any atom is 0.276 e. The number of hydrogen-bond donors (Lipinski definition) is 4. The molecule has 2 unspecified atom stereocenters. The Morgan fingerprint density at radius 3 is 2.68 bits per heavy atom. The van der Waals surface area contributed by atoms with E-state index in [1.54, 1.807) is 6.92 Å². The van der Waals surface area contributed by atoms with Crippen LogP contribution in [0.4, 0.5) is 0 Å². The van der Waals surface area contributed by atoms with Crippen LogP contribution in [0.2, 0.25) is 0 Å². The average molecular weight is 386 g/mol. The molecule has 0 bridgehead atoms. The molecule has 1 aliphatic heterocycles. The van der Waals surface area contributed by atoms with Gasteiger partial charge in [-0.05, 0) is 45.1 Å². The normalized spacial score (nSPS) is 27.2. The number of ether oxygens (including phenoxy) is 1. The monoisotopic (exact) mass is 386 g/mol. The molecule has 25 heavy (non-hydrogen) atoms. The Morgan fingerprint density at radius 1 is 1.36 bits per heavy atom. The van der Waals surface area contributed by atoms with Crippen molar-refractivity contribution < 1.29 is 14.9 Å². The number of imidazole rings is 1. The molecule has 0 aromatic carbocycles. The van der Waals surface area contributed by atoms with Gasteiger partial charge in [-0.1, -0.05) is 0 Å². The van der Waals surface area contributed by atoms with Crippen molar-refractivity contribution in [2.45, 2.75) is 37.9 Å². The zero-order valence-electron chi connectivity index (χ0n) is 14.4. The summed E-state index contributed by atoms with van der Waals surface area (Å²) >= 11 is 5.28. The summed E-state index contributed by atoms with van der Waals surface area (Å²) in [5.41, 5.74) is 0.169. The topological polar surface area (TPSA) is 116 Å². The highest BCUT2D eigenvalue weighted by Crippen LogP contribution is 2.39. The number of fused-ring (bicyclic) bond motifs is 1. The number of rotatable bonds is 4. The summed E-state index contributed by atoms with van der Waals surface area (Å²) < 4.78 is 7.58. The van der Waals surface area contributed by atoms with Gasteiger partial charge < -0.3 is 24.9 Å². The molecule has 2 aromatic heterocycles. The second kappa shape index (κ2) is 6.48. The average Bonchev–Trinajstić information content (AvgIpc) is 2.95. The van der Waals surface area contributed by atoms with Crippen molar-refractivity contribution in [1.82, 2.24) is 19.5 Å². The number of H-pyrrole nitrogens is 2. The molecule has 0 aliphatic carbocycles. The molecule has 4 N–H and O–H groups in total. The lowest BCUT2D eigenvalue weighted by molar-refractivity contribution is -0.0360. The summed E-state index contributed by atoms with van der Waals surface area (Å²) in [7, 11) is 0. The second-order valence-electron chi connectivity index (χ2n) is 7.14. The lowest BCUT2D eigenvalue weighted by Gasteiger charge is -2.18. The number of nitrogens with zero attached hydrogens (tertiary/aromatic N) is 2. The predicted molar refractivity (Wildman–Crippen MR) is 102 cm³/mol. The van der Waals surface area contributed by atoms with Gasteiger partial charge in [-0.3, -0.25) is 9.36 Å². The van der Waals surface area contributed by atoms with E-state index < -0.39 is 31.4 Å². The molecule has 8 nitrogen and oxygen atoms in total. The van der Waals surface area contributed by atoms with Crippen molar-refractivity contribution in [3.63, 3.8) is 0 Å². The van der Waals surface area contributed by atoms with Gasteiger partial charge in [0.1, 0.15) is 18.0 Å². The van der Waals surface area contributed by atoms with Crippen molar-refractivity contribution >= 4 is 36.6 Å². The van der Waals surface area contributed by atoms with Gasteiger partial charge in [-0.15, -0.1) is 13.2 Å². The van der Waals surface area contributed by atoms with Crippen LogP contribution in [0.1, 0.15) is 18.5 Å². The number of nitrogens with one attached hydrogen (secondary N) is 2. The Morgan fingerprint density at radius 2 is 2.04 bits per heavy atom. The molecule has 1 saturated heterocycles. The number of aromatic nitrogens is 4. The van der Waals surface area contributed by atoms with E-state index >= 15 is 0 Å². The van der Waals surface area contributed by atoms with Gasteiger partial charge in [-0.2, -0.15) is 0 Å². The molecule has 1 aliphatic rings. The zero-order chi connectivity index (χ0) is 18.5. The molecule has 0 spiro atoms. The van der Waals surface area contributed by atoms with Crippen molar-refractivity contribution in [3.8, 4) is 0 Å². The van der Waals surface area contributed by atoms with Gasteiger partial charge >= 0.3 is 0 Å². The molecule has 3 heterocycles. The van der Waals surface area contributed by atoms with E-state index in [2.05, 4.69) is 34.6 Å². The third kappa shape index (κ3) is 3.52. The summed E-state index contributed by atoms with van der Waals surface area (Å²) in [6.07, 6.45) is 1.97. The second-order valence-corrected chi connectivity index (χ2v) is 11.8. The minimum absolute atomic E-state index is 0.209. The highest BCUT2D eigenvalue weighted by atomic mass is 32.1. The molecule has 3 rings (SSSR count). The molecule has 0 radical (unpaired) electrons. The van der Waals surface area contributed by atoms with E-state index in [0.29, 0.717) is 17.9 Å². The lowest BCUT2D eigenvalue weighted by Crippen LogP contribution is -2.32. The van der Waals surface area contributed by atoms with Crippen LogP contribution in [0.5, 0.6) is 0 Å².